The Balaban J connectivity index is 2.04. The summed E-state index contributed by atoms with van der Waals surface area (Å²) in [6.07, 6.45) is 4.14. The molecule has 1 aliphatic rings. The van der Waals surface area contributed by atoms with E-state index in [2.05, 4.69) is 26.1 Å². The Bertz CT molecular complexity index is 344. The van der Waals surface area contributed by atoms with Gasteiger partial charge in [-0.2, -0.15) is 10.2 Å². The van der Waals surface area contributed by atoms with Crippen molar-refractivity contribution in [2.75, 3.05) is 18.4 Å². The molecule has 4 nitrogen and oxygen atoms in total. The minimum absolute atomic E-state index is 0.0633. The number of aromatic nitrogens is 2. The van der Waals surface area contributed by atoms with Gasteiger partial charge in [-0.3, -0.25) is 4.79 Å². The summed E-state index contributed by atoms with van der Waals surface area (Å²) in [4.78, 5) is 13.8. The molecule has 0 bridgehead atoms. The predicted molar refractivity (Wildman–Crippen MR) is 59.8 cm³/mol. The van der Waals surface area contributed by atoms with Crippen molar-refractivity contribution in [1.82, 2.24) is 15.1 Å². The first-order valence-electron chi connectivity index (χ1n) is 4.93. The number of rotatable bonds is 2. The molecule has 1 aliphatic heterocycles. The van der Waals surface area contributed by atoms with E-state index in [0.29, 0.717) is 11.5 Å². The molecule has 1 fully saturated rings. The lowest BCUT2D eigenvalue weighted by atomic mass is 10.2. The van der Waals surface area contributed by atoms with Gasteiger partial charge in [0.1, 0.15) is 0 Å². The second-order valence-electron chi connectivity index (χ2n) is 3.69. The van der Waals surface area contributed by atoms with Crippen LogP contribution in [-0.2, 0) is 0 Å². The minimum Gasteiger partial charge on any atom is -0.338 e. The van der Waals surface area contributed by atoms with E-state index >= 15 is 0 Å². The molecule has 0 saturated carbocycles. The van der Waals surface area contributed by atoms with Crippen LogP contribution in [0.25, 0.3) is 0 Å². The van der Waals surface area contributed by atoms with Gasteiger partial charge in [0, 0.05) is 18.4 Å². The second-order valence-corrected chi connectivity index (χ2v) is 4.34. The molecule has 2 rings (SSSR count). The highest BCUT2D eigenvalue weighted by Gasteiger charge is 2.26. The number of nitrogens with zero attached hydrogens (tertiary/aromatic N) is 3. The highest BCUT2D eigenvalue weighted by molar-refractivity contribution is 9.09. The number of amides is 1. The number of hydrogen-bond donors (Lipinski definition) is 0. The van der Waals surface area contributed by atoms with Gasteiger partial charge in [0.25, 0.3) is 5.91 Å². The maximum absolute atomic E-state index is 12.0. The van der Waals surface area contributed by atoms with Gasteiger partial charge in [0.05, 0.1) is 18.0 Å². The topological polar surface area (TPSA) is 46.1 Å². The van der Waals surface area contributed by atoms with Crippen molar-refractivity contribution in [3.8, 4) is 0 Å². The van der Waals surface area contributed by atoms with E-state index in [1.165, 1.54) is 6.20 Å². The van der Waals surface area contributed by atoms with Crippen molar-refractivity contribution in [2.45, 2.75) is 6.42 Å². The fourth-order valence-corrected chi connectivity index (χ4v) is 2.27. The van der Waals surface area contributed by atoms with Crippen molar-refractivity contribution in [2.24, 2.45) is 5.92 Å². The lowest BCUT2D eigenvalue weighted by molar-refractivity contribution is 0.0788. The van der Waals surface area contributed by atoms with Crippen LogP contribution in [0.3, 0.4) is 0 Å². The van der Waals surface area contributed by atoms with Crippen LogP contribution >= 0.6 is 15.9 Å². The molecule has 0 aromatic carbocycles. The number of carbonyl (C=O) groups is 1. The van der Waals surface area contributed by atoms with Crippen LogP contribution in [-0.4, -0.2) is 39.4 Å². The summed E-state index contributed by atoms with van der Waals surface area (Å²) in [5, 5.41) is 8.33. The summed E-state index contributed by atoms with van der Waals surface area (Å²) in [6, 6.07) is 1.71. The molecule has 1 aromatic heterocycles. The van der Waals surface area contributed by atoms with Gasteiger partial charge in [-0.05, 0) is 18.4 Å². The van der Waals surface area contributed by atoms with E-state index in [1.54, 1.807) is 12.3 Å². The molecule has 0 radical (unpaired) electrons. The van der Waals surface area contributed by atoms with Gasteiger partial charge in [-0.15, -0.1) is 0 Å². The smallest absolute Gasteiger partial charge is 0.255 e. The van der Waals surface area contributed by atoms with E-state index in [4.69, 9.17) is 0 Å². The quantitative estimate of drug-likeness (QED) is 0.762. The van der Waals surface area contributed by atoms with Crippen LogP contribution in [0.15, 0.2) is 18.5 Å². The number of hydrogen-bond acceptors (Lipinski definition) is 3. The molecule has 0 aliphatic carbocycles. The Labute approximate surface area is 96.8 Å². The van der Waals surface area contributed by atoms with Gasteiger partial charge in [-0.1, -0.05) is 15.9 Å². The second kappa shape index (κ2) is 4.70. The van der Waals surface area contributed by atoms with E-state index in [0.717, 1.165) is 24.8 Å². The Morgan fingerprint density at radius 2 is 2.47 bits per heavy atom. The summed E-state index contributed by atoms with van der Waals surface area (Å²) < 4.78 is 0. The number of halogens is 1. The summed E-state index contributed by atoms with van der Waals surface area (Å²) in [5.41, 5.74) is 0.625. The highest BCUT2D eigenvalue weighted by atomic mass is 79.9. The first-order chi connectivity index (χ1) is 7.31. The summed E-state index contributed by atoms with van der Waals surface area (Å²) in [6.45, 7) is 1.68. The zero-order valence-corrected chi connectivity index (χ0v) is 9.85. The maximum Gasteiger partial charge on any atom is 0.255 e. The standard InChI is InChI=1S/C10H12BrN3O/c11-5-8-2-4-14(7-8)10(15)9-1-3-12-13-6-9/h1,3,6,8H,2,4-5,7H2. The van der Waals surface area contributed by atoms with Crippen molar-refractivity contribution in [3.63, 3.8) is 0 Å². The molecular formula is C10H12BrN3O. The van der Waals surface area contributed by atoms with Gasteiger partial charge in [0.2, 0.25) is 0 Å². The zero-order valence-electron chi connectivity index (χ0n) is 8.27. The molecule has 15 heavy (non-hydrogen) atoms. The Morgan fingerprint density at radius 3 is 3.07 bits per heavy atom. The SMILES string of the molecule is O=C(c1ccnnc1)N1CCC(CBr)C1. The average Bonchev–Trinajstić information content (AvgIpc) is 2.78. The maximum atomic E-state index is 12.0. The first-order valence-corrected chi connectivity index (χ1v) is 6.05. The van der Waals surface area contributed by atoms with Crippen LogP contribution in [0.4, 0.5) is 0 Å². The van der Waals surface area contributed by atoms with Crippen molar-refractivity contribution >= 4 is 21.8 Å². The average molecular weight is 270 g/mol. The Kier molecular flexibility index (Phi) is 3.30. The Morgan fingerprint density at radius 1 is 1.60 bits per heavy atom. The number of likely N-dealkylation sites (tertiary alicyclic amines) is 1. The van der Waals surface area contributed by atoms with Crippen molar-refractivity contribution < 1.29 is 4.79 Å². The molecule has 80 valence electrons. The highest BCUT2D eigenvalue weighted by Crippen LogP contribution is 2.19. The molecule has 2 heterocycles. The Hall–Kier alpha value is -0.970. The molecule has 1 unspecified atom stereocenters. The van der Waals surface area contributed by atoms with Crippen LogP contribution in [0.5, 0.6) is 0 Å². The molecule has 5 heteroatoms. The van der Waals surface area contributed by atoms with E-state index in [9.17, 15) is 4.79 Å². The normalized spacial score (nSPS) is 20.6. The van der Waals surface area contributed by atoms with Gasteiger partial charge < -0.3 is 4.90 Å². The van der Waals surface area contributed by atoms with E-state index in [-0.39, 0.29) is 5.91 Å². The zero-order chi connectivity index (χ0) is 10.7. The third-order valence-electron chi connectivity index (χ3n) is 2.62. The fourth-order valence-electron chi connectivity index (χ4n) is 1.74. The monoisotopic (exact) mass is 269 g/mol. The number of carbonyl (C=O) groups excluding carboxylic acids is 1. The van der Waals surface area contributed by atoms with E-state index in [1.807, 2.05) is 4.90 Å². The summed E-state index contributed by atoms with van der Waals surface area (Å²) in [7, 11) is 0. The van der Waals surface area contributed by atoms with E-state index < -0.39 is 0 Å². The van der Waals surface area contributed by atoms with Crippen LogP contribution in [0.1, 0.15) is 16.8 Å². The summed E-state index contributed by atoms with van der Waals surface area (Å²) in [5.74, 6) is 0.650. The van der Waals surface area contributed by atoms with Crippen molar-refractivity contribution in [1.29, 1.82) is 0 Å². The molecule has 1 atom stereocenters. The third kappa shape index (κ3) is 2.34. The predicted octanol–water partition coefficient (Wildman–Crippen LogP) is 1.33. The molecular weight excluding hydrogens is 258 g/mol. The molecule has 0 N–H and O–H groups in total. The lowest BCUT2D eigenvalue weighted by Gasteiger charge is -2.15. The van der Waals surface area contributed by atoms with Crippen LogP contribution in [0.2, 0.25) is 0 Å². The molecule has 1 amide bonds. The fraction of sp³-hybridized carbons (Fsp3) is 0.500. The largest absolute Gasteiger partial charge is 0.338 e. The van der Waals surface area contributed by atoms with Crippen LogP contribution in [0, 0.1) is 5.92 Å². The third-order valence-corrected chi connectivity index (χ3v) is 3.54. The van der Waals surface area contributed by atoms with Crippen LogP contribution < -0.4 is 0 Å². The van der Waals surface area contributed by atoms with Gasteiger partial charge in [0.15, 0.2) is 0 Å². The molecule has 1 aromatic rings. The molecule has 1 saturated heterocycles. The lowest BCUT2D eigenvalue weighted by Crippen LogP contribution is -2.28. The van der Waals surface area contributed by atoms with Gasteiger partial charge >= 0.3 is 0 Å². The minimum atomic E-state index is 0.0633. The van der Waals surface area contributed by atoms with Gasteiger partial charge in [-0.25, -0.2) is 0 Å². The molecule has 0 spiro atoms. The summed E-state index contributed by atoms with van der Waals surface area (Å²) >= 11 is 3.45. The first kappa shape index (κ1) is 10.5. The number of alkyl halides is 1. The van der Waals surface area contributed by atoms with Crippen molar-refractivity contribution in [3.05, 3.63) is 24.0 Å².